The first-order valence-electron chi connectivity index (χ1n) is 6.79. The Morgan fingerprint density at radius 3 is 3.06 bits per heavy atom. The molecule has 2 unspecified atom stereocenters. The molecule has 1 fully saturated rings. The van der Waals surface area contributed by atoms with Gasteiger partial charge in [-0.25, -0.2) is 0 Å². The molecule has 106 valence electrons. The SMILES string of the molecule is COCC(C)NC(=O)COCCC1CCCNC1. The zero-order valence-electron chi connectivity index (χ0n) is 11.5. The lowest BCUT2D eigenvalue weighted by Gasteiger charge is -2.22. The van der Waals surface area contributed by atoms with E-state index in [-0.39, 0.29) is 18.6 Å². The number of hydrogen-bond acceptors (Lipinski definition) is 4. The molecule has 1 rings (SSSR count). The highest BCUT2D eigenvalue weighted by atomic mass is 16.5. The smallest absolute Gasteiger partial charge is 0.246 e. The van der Waals surface area contributed by atoms with Crippen LogP contribution in [0.5, 0.6) is 0 Å². The van der Waals surface area contributed by atoms with E-state index in [4.69, 9.17) is 9.47 Å². The molecule has 1 amide bonds. The number of nitrogens with one attached hydrogen (secondary N) is 2. The highest BCUT2D eigenvalue weighted by Crippen LogP contribution is 2.13. The van der Waals surface area contributed by atoms with Crippen molar-refractivity contribution in [2.24, 2.45) is 5.92 Å². The summed E-state index contributed by atoms with van der Waals surface area (Å²) in [5.41, 5.74) is 0. The van der Waals surface area contributed by atoms with E-state index in [2.05, 4.69) is 10.6 Å². The van der Waals surface area contributed by atoms with Gasteiger partial charge in [-0.15, -0.1) is 0 Å². The third kappa shape index (κ3) is 6.93. The first-order valence-corrected chi connectivity index (χ1v) is 6.79. The van der Waals surface area contributed by atoms with Crippen molar-refractivity contribution in [2.45, 2.75) is 32.2 Å². The number of carbonyl (C=O) groups is 1. The maximum atomic E-state index is 11.5. The highest BCUT2D eigenvalue weighted by Gasteiger charge is 2.13. The van der Waals surface area contributed by atoms with Gasteiger partial charge in [0.05, 0.1) is 6.61 Å². The van der Waals surface area contributed by atoms with E-state index < -0.39 is 0 Å². The molecular formula is C13H26N2O3. The maximum Gasteiger partial charge on any atom is 0.246 e. The van der Waals surface area contributed by atoms with Crippen LogP contribution in [-0.4, -0.2) is 52.0 Å². The number of ether oxygens (including phenoxy) is 2. The molecule has 1 aliphatic rings. The number of amides is 1. The van der Waals surface area contributed by atoms with E-state index in [0.29, 0.717) is 19.1 Å². The average Bonchev–Trinajstić information content (AvgIpc) is 2.36. The lowest BCUT2D eigenvalue weighted by molar-refractivity contribution is -0.126. The molecule has 5 heteroatoms. The largest absolute Gasteiger partial charge is 0.383 e. The van der Waals surface area contributed by atoms with Crippen LogP contribution < -0.4 is 10.6 Å². The molecule has 0 aromatic rings. The highest BCUT2D eigenvalue weighted by molar-refractivity contribution is 5.77. The third-order valence-electron chi connectivity index (χ3n) is 3.13. The topological polar surface area (TPSA) is 59.6 Å². The van der Waals surface area contributed by atoms with Gasteiger partial charge in [0, 0.05) is 19.8 Å². The molecule has 5 nitrogen and oxygen atoms in total. The van der Waals surface area contributed by atoms with Gasteiger partial charge in [0.2, 0.25) is 5.91 Å². The molecule has 0 aromatic heterocycles. The van der Waals surface area contributed by atoms with E-state index in [0.717, 1.165) is 19.5 Å². The van der Waals surface area contributed by atoms with Crippen molar-refractivity contribution in [1.29, 1.82) is 0 Å². The van der Waals surface area contributed by atoms with Gasteiger partial charge in [0.15, 0.2) is 0 Å². The van der Waals surface area contributed by atoms with Gasteiger partial charge in [-0.05, 0) is 45.2 Å². The second-order valence-corrected chi connectivity index (χ2v) is 4.98. The molecule has 0 spiro atoms. The number of methoxy groups -OCH3 is 1. The van der Waals surface area contributed by atoms with Gasteiger partial charge in [0.1, 0.15) is 6.61 Å². The summed E-state index contributed by atoms with van der Waals surface area (Å²) in [5.74, 6) is 0.635. The lowest BCUT2D eigenvalue weighted by Crippen LogP contribution is -2.38. The minimum absolute atomic E-state index is 0.0358. The van der Waals surface area contributed by atoms with Crippen molar-refractivity contribution >= 4 is 5.91 Å². The van der Waals surface area contributed by atoms with Crippen LogP contribution in [0.15, 0.2) is 0 Å². The van der Waals surface area contributed by atoms with Crippen LogP contribution in [0.25, 0.3) is 0 Å². The summed E-state index contributed by atoms with van der Waals surface area (Å²) in [7, 11) is 1.62. The van der Waals surface area contributed by atoms with Crippen molar-refractivity contribution in [1.82, 2.24) is 10.6 Å². The Morgan fingerprint density at radius 2 is 2.39 bits per heavy atom. The first-order chi connectivity index (χ1) is 8.72. The molecule has 0 bridgehead atoms. The molecule has 0 radical (unpaired) electrons. The van der Waals surface area contributed by atoms with Gasteiger partial charge < -0.3 is 20.1 Å². The van der Waals surface area contributed by atoms with E-state index in [1.807, 2.05) is 6.92 Å². The van der Waals surface area contributed by atoms with E-state index in [9.17, 15) is 4.79 Å². The van der Waals surface area contributed by atoms with Gasteiger partial charge in [-0.2, -0.15) is 0 Å². The van der Waals surface area contributed by atoms with Gasteiger partial charge in [-0.3, -0.25) is 4.79 Å². The Labute approximate surface area is 110 Å². The van der Waals surface area contributed by atoms with E-state index >= 15 is 0 Å². The van der Waals surface area contributed by atoms with Crippen LogP contribution in [0.1, 0.15) is 26.2 Å². The Hall–Kier alpha value is -0.650. The normalized spacial score (nSPS) is 21.6. The van der Waals surface area contributed by atoms with Crippen molar-refractivity contribution in [3.05, 3.63) is 0 Å². The second-order valence-electron chi connectivity index (χ2n) is 4.98. The fraction of sp³-hybridized carbons (Fsp3) is 0.923. The molecule has 2 N–H and O–H groups in total. The second kappa shape index (κ2) is 9.30. The Kier molecular flexibility index (Phi) is 7.96. The zero-order chi connectivity index (χ0) is 13.2. The van der Waals surface area contributed by atoms with Crippen molar-refractivity contribution in [3.8, 4) is 0 Å². The summed E-state index contributed by atoms with van der Waals surface area (Å²) in [5, 5.41) is 6.19. The minimum Gasteiger partial charge on any atom is -0.383 e. The number of rotatable bonds is 8. The first kappa shape index (κ1) is 15.4. The predicted octanol–water partition coefficient (Wildman–Crippen LogP) is 0.544. The molecule has 1 saturated heterocycles. The van der Waals surface area contributed by atoms with Crippen LogP contribution in [0.4, 0.5) is 0 Å². The molecule has 0 saturated carbocycles. The monoisotopic (exact) mass is 258 g/mol. The fourth-order valence-electron chi connectivity index (χ4n) is 2.19. The number of carbonyl (C=O) groups excluding carboxylic acids is 1. The van der Waals surface area contributed by atoms with Crippen LogP contribution in [-0.2, 0) is 14.3 Å². The standard InChI is InChI=1S/C13H26N2O3/c1-11(9-17-2)15-13(16)10-18-7-5-12-4-3-6-14-8-12/h11-12,14H,3-10H2,1-2H3,(H,15,16). The Morgan fingerprint density at radius 1 is 1.56 bits per heavy atom. The number of hydrogen-bond donors (Lipinski definition) is 2. The van der Waals surface area contributed by atoms with Crippen molar-refractivity contribution < 1.29 is 14.3 Å². The van der Waals surface area contributed by atoms with Crippen LogP contribution in [0.3, 0.4) is 0 Å². The quantitative estimate of drug-likeness (QED) is 0.624. The molecule has 0 aromatic carbocycles. The van der Waals surface area contributed by atoms with Crippen LogP contribution in [0.2, 0.25) is 0 Å². The Balaban J connectivity index is 1.97. The third-order valence-corrected chi connectivity index (χ3v) is 3.13. The molecule has 18 heavy (non-hydrogen) atoms. The molecule has 0 aliphatic carbocycles. The summed E-state index contributed by atoms with van der Waals surface area (Å²) in [6.07, 6.45) is 3.56. The Bertz CT molecular complexity index is 230. The van der Waals surface area contributed by atoms with Gasteiger partial charge >= 0.3 is 0 Å². The summed E-state index contributed by atoms with van der Waals surface area (Å²) in [6, 6.07) is 0.0358. The van der Waals surface area contributed by atoms with Crippen molar-refractivity contribution in [3.63, 3.8) is 0 Å². The maximum absolute atomic E-state index is 11.5. The molecular weight excluding hydrogens is 232 g/mol. The summed E-state index contributed by atoms with van der Waals surface area (Å²) in [6.45, 7) is 5.47. The summed E-state index contributed by atoms with van der Waals surface area (Å²) in [4.78, 5) is 11.5. The lowest BCUT2D eigenvalue weighted by atomic mass is 9.97. The molecule has 1 heterocycles. The predicted molar refractivity (Wildman–Crippen MR) is 70.5 cm³/mol. The van der Waals surface area contributed by atoms with Gasteiger partial charge in [0.25, 0.3) is 0 Å². The molecule has 1 aliphatic heterocycles. The van der Waals surface area contributed by atoms with Crippen molar-refractivity contribution in [2.75, 3.05) is 40.0 Å². The minimum atomic E-state index is -0.0682. The average molecular weight is 258 g/mol. The van der Waals surface area contributed by atoms with Gasteiger partial charge in [-0.1, -0.05) is 0 Å². The summed E-state index contributed by atoms with van der Waals surface area (Å²) < 4.78 is 10.3. The zero-order valence-corrected chi connectivity index (χ0v) is 11.5. The van der Waals surface area contributed by atoms with Crippen LogP contribution >= 0.6 is 0 Å². The van der Waals surface area contributed by atoms with Crippen LogP contribution in [0, 0.1) is 5.92 Å². The summed E-state index contributed by atoms with van der Waals surface area (Å²) >= 11 is 0. The van der Waals surface area contributed by atoms with E-state index in [1.165, 1.54) is 12.8 Å². The molecule has 2 atom stereocenters. The van der Waals surface area contributed by atoms with E-state index in [1.54, 1.807) is 7.11 Å². The fourth-order valence-corrected chi connectivity index (χ4v) is 2.19. The number of piperidine rings is 1.